The van der Waals surface area contributed by atoms with Crippen LogP contribution in [-0.2, 0) is 27.9 Å². The number of rotatable bonds is 8. The van der Waals surface area contributed by atoms with Crippen molar-refractivity contribution in [1.29, 1.82) is 0 Å². The number of carbonyl (C=O) groups is 1. The maximum atomic E-state index is 12.5. The van der Waals surface area contributed by atoms with E-state index in [2.05, 4.69) is 10.1 Å². The highest BCUT2D eigenvalue weighted by atomic mass is 32.2. The highest BCUT2D eigenvalue weighted by Crippen LogP contribution is 2.25. The molecule has 0 saturated carbocycles. The molecule has 1 aromatic heterocycles. The molecule has 31 heavy (non-hydrogen) atoms. The summed E-state index contributed by atoms with van der Waals surface area (Å²) in [5.41, 5.74) is 0.0581. The van der Waals surface area contributed by atoms with Gasteiger partial charge in [0.25, 0.3) is 11.6 Å². The summed E-state index contributed by atoms with van der Waals surface area (Å²) >= 11 is 0. The minimum Gasteiger partial charge on any atom is -0.452 e. The molecule has 0 atom stereocenters. The number of nitro benzene ring substituents is 1. The van der Waals surface area contributed by atoms with Crippen molar-refractivity contribution in [1.82, 2.24) is 10.1 Å². The van der Waals surface area contributed by atoms with Crippen LogP contribution in [0.5, 0.6) is 5.75 Å². The molecule has 3 rings (SSSR count). The van der Waals surface area contributed by atoms with Crippen LogP contribution in [-0.4, -0.2) is 29.5 Å². The van der Waals surface area contributed by atoms with E-state index in [0.29, 0.717) is 12.2 Å². The monoisotopic (exact) mass is 447 g/mol. The van der Waals surface area contributed by atoms with Gasteiger partial charge in [-0.3, -0.25) is 10.1 Å². The maximum absolute atomic E-state index is 12.5. The second-order valence-corrected chi connectivity index (χ2v) is 7.82. The predicted octanol–water partition coefficient (Wildman–Crippen LogP) is 2.97. The van der Waals surface area contributed by atoms with E-state index in [1.807, 2.05) is 6.92 Å². The second-order valence-electron chi connectivity index (χ2n) is 6.30. The Bertz CT molecular complexity index is 1220. The van der Waals surface area contributed by atoms with Crippen LogP contribution in [0.4, 0.5) is 5.69 Å². The number of esters is 1. The van der Waals surface area contributed by atoms with Gasteiger partial charge < -0.3 is 13.4 Å². The van der Waals surface area contributed by atoms with Gasteiger partial charge in [0.2, 0.25) is 0 Å². The summed E-state index contributed by atoms with van der Waals surface area (Å²) in [4.78, 5) is 26.0. The van der Waals surface area contributed by atoms with Gasteiger partial charge in [-0.05, 0) is 36.8 Å². The van der Waals surface area contributed by atoms with Crippen molar-refractivity contribution in [3.8, 4) is 5.75 Å². The van der Waals surface area contributed by atoms with E-state index < -0.39 is 21.0 Å². The molecule has 0 unspecified atom stereocenters. The Balaban J connectivity index is 1.69. The molecule has 3 aromatic rings. The average Bonchev–Trinajstić information content (AvgIpc) is 3.20. The number of non-ortho nitro benzene ring substituents is 1. The third kappa shape index (κ3) is 5.22. The van der Waals surface area contributed by atoms with Gasteiger partial charge in [0.1, 0.15) is 10.6 Å². The Labute approximate surface area is 176 Å². The van der Waals surface area contributed by atoms with Crippen LogP contribution < -0.4 is 4.18 Å². The van der Waals surface area contributed by atoms with Gasteiger partial charge in [0.15, 0.2) is 12.4 Å². The van der Waals surface area contributed by atoms with E-state index in [-0.39, 0.29) is 40.0 Å². The SMILES string of the molecule is CCc1noc(COC(=O)c2ccc(OS(=O)(=O)c3cc([N+](=O)[O-])ccc3C)cc2)n1. The predicted molar refractivity (Wildman–Crippen MR) is 105 cm³/mol. The summed E-state index contributed by atoms with van der Waals surface area (Å²) in [5, 5.41) is 14.6. The summed E-state index contributed by atoms with van der Waals surface area (Å²) in [7, 11) is -4.33. The average molecular weight is 447 g/mol. The normalized spacial score (nSPS) is 11.2. The summed E-state index contributed by atoms with van der Waals surface area (Å²) in [6, 6.07) is 8.62. The van der Waals surface area contributed by atoms with Crippen LogP contribution in [0.1, 0.15) is 34.6 Å². The smallest absolute Gasteiger partial charge is 0.339 e. The number of aromatic nitrogens is 2. The molecule has 0 radical (unpaired) electrons. The fourth-order valence-corrected chi connectivity index (χ4v) is 3.67. The number of hydrogen-bond acceptors (Lipinski definition) is 10. The lowest BCUT2D eigenvalue weighted by atomic mass is 10.2. The van der Waals surface area contributed by atoms with E-state index in [9.17, 15) is 23.3 Å². The summed E-state index contributed by atoms with van der Waals surface area (Å²) in [6.45, 7) is 3.14. The van der Waals surface area contributed by atoms with Gasteiger partial charge in [-0.2, -0.15) is 13.4 Å². The van der Waals surface area contributed by atoms with Crippen molar-refractivity contribution < 1.29 is 31.6 Å². The highest BCUT2D eigenvalue weighted by molar-refractivity contribution is 7.87. The van der Waals surface area contributed by atoms with E-state index in [4.69, 9.17) is 13.4 Å². The quantitative estimate of drug-likeness (QED) is 0.218. The topological polar surface area (TPSA) is 152 Å². The van der Waals surface area contributed by atoms with Crippen LogP contribution in [0.3, 0.4) is 0 Å². The third-order valence-electron chi connectivity index (χ3n) is 4.10. The van der Waals surface area contributed by atoms with Gasteiger partial charge in [-0.25, -0.2) is 4.79 Å². The Morgan fingerprint density at radius 3 is 2.52 bits per heavy atom. The lowest BCUT2D eigenvalue weighted by Crippen LogP contribution is -2.12. The zero-order valence-electron chi connectivity index (χ0n) is 16.5. The maximum Gasteiger partial charge on any atom is 0.339 e. The number of carbonyl (C=O) groups excluding carboxylic acids is 1. The van der Waals surface area contributed by atoms with Crippen LogP contribution >= 0.6 is 0 Å². The Morgan fingerprint density at radius 2 is 1.90 bits per heavy atom. The molecule has 0 bridgehead atoms. The van der Waals surface area contributed by atoms with E-state index in [1.165, 1.54) is 43.3 Å². The zero-order valence-corrected chi connectivity index (χ0v) is 17.3. The first-order valence-corrected chi connectivity index (χ1v) is 10.4. The molecular weight excluding hydrogens is 430 g/mol. The second kappa shape index (κ2) is 8.92. The molecule has 0 N–H and O–H groups in total. The highest BCUT2D eigenvalue weighted by Gasteiger charge is 2.23. The van der Waals surface area contributed by atoms with Crippen molar-refractivity contribution in [2.24, 2.45) is 0 Å². The first kappa shape index (κ1) is 21.9. The molecule has 0 spiro atoms. The molecule has 12 heteroatoms. The largest absolute Gasteiger partial charge is 0.452 e. The number of hydrogen-bond donors (Lipinski definition) is 0. The standard InChI is InChI=1S/C19H17N3O8S/c1-3-17-20-18(29-21-17)11-28-19(23)13-5-8-15(9-6-13)30-31(26,27)16-10-14(22(24)25)7-4-12(16)2/h4-10H,3,11H2,1-2H3. The van der Waals surface area contributed by atoms with Gasteiger partial charge in [0.05, 0.1) is 10.5 Å². The zero-order chi connectivity index (χ0) is 22.6. The number of ether oxygens (including phenoxy) is 1. The van der Waals surface area contributed by atoms with Gasteiger partial charge in [-0.1, -0.05) is 18.1 Å². The van der Waals surface area contributed by atoms with E-state index in [0.717, 1.165) is 6.07 Å². The van der Waals surface area contributed by atoms with Crippen molar-refractivity contribution in [3.63, 3.8) is 0 Å². The molecule has 11 nitrogen and oxygen atoms in total. The van der Waals surface area contributed by atoms with Crippen LogP contribution in [0.2, 0.25) is 0 Å². The summed E-state index contributed by atoms with van der Waals surface area (Å²) in [5.74, 6) is -0.108. The fourth-order valence-electron chi connectivity index (χ4n) is 2.49. The van der Waals surface area contributed by atoms with Crippen LogP contribution in [0, 0.1) is 17.0 Å². The number of aryl methyl sites for hydroxylation is 2. The minimum atomic E-state index is -4.33. The molecule has 162 valence electrons. The molecular formula is C19H17N3O8S. The fraction of sp³-hybridized carbons (Fsp3) is 0.211. The van der Waals surface area contributed by atoms with Gasteiger partial charge in [0, 0.05) is 18.6 Å². The molecule has 0 aliphatic heterocycles. The Hall–Kier alpha value is -3.80. The number of nitrogens with zero attached hydrogens (tertiary/aromatic N) is 3. The first-order valence-electron chi connectivity index (χ1n) is 8.98. The van der Waals surface area contributed by atoms with Gasteiger partial charge in [-0.15, -0.1) is 0 Å². The molecule has 0 saturated heterocycles. The number of benzene rings is 2. The van der Waals surface area contributed by atoms with Crippen molar-refractivity contribution in [3.05, 3.63) is 75.4 Å². The van der Waals surface area contributed by atoms with Crippen LogP contribution in [0.25, 0.3) is 0 Å². The van der Waals surface area contributed by atoms with Gasteiger partial charge >= 0.3 is 16.1 Å². The summed E-state index contributed by atoms with van der Waals surface area (Å²) in [6.07, 6.45) is 0.581. The van der Waals surface area contributed by atoms with E-state index >= 15 is 0 Å². The molecule has 0 aliphatic carbocycles. The van der Waals surface area contributed by atoms with Crippen molar-refractivity contribution in [2.75, 3.05) is 0 Å². The molecule has 2 aromatic carbocycles. The Morgan fingerprint density at radius 1 is 1.19 bits per heavy atom. The third-order valence-corrected chi connectivity index (χ3v) is 5.49. The minimum absolute atomic E-state index is 0.0769. The van der Waals surface area contributed by atoms with Crippen LogP contribution in [0.15, 0.2) is 51.9 Å². The van der Waals surface area contributed by atoms with Crippen molar-refractivity contribution >= 4 is 21.8 Å². The summed E-state index contributed by atoms with van der Waals surface area (Å²) < 4.78 is 40.1. The molecule has 0 fully saturated rings. The lowest BCUT2D eigenvalue weighted by molar-refractivity contribution is -0.385. The molecule has 1 heterocycles. The molecule has 0 amide bonds. The lowest BCUT2D eigenvalue weighted by Gasteiger charge is -2.09. The number of nitro groups is 1. The van der Waals surface area contributed by atoms with Crippen molar-refractivity contribution in [2.45, 2.75) is 31.8 Å². The van der Waals surface area contributed by atoms with E-state index in [1.54, 1.807) is 0 Å². The Kier molecular flexibility index (Phi) is 6.30. The molecule has 0 aliphatic rings. The first-order chi connectivity index (χ1) is 14.7.